The molecule has 0 aliphatic rings. The Kier molecular flexibility index (Phi) is 6.88. The van der Waals surface area contributed by atoms with Gasteiger partial charge in [-0.3, -0.25) is 14.6 Å². The molecule has 1 amide bonds. The number of imidazole rings is 2. The number of amides is 1. The van der Waals surface area contributed by atoms with Crippen molar-refractivity contribution in [2.75, 3.05) is 0 Å². The summed E-state index contributed by atoms with van der Waals surface area (Å²) in [5.74, 6) is 0.768. The summed E-state index contributed by atoms with van der Waals surface area (Å²) in [7, 11) is 0. The normalized spacial score (nSPS) is 12.5. The van der Waals surface area contributed by atoms with Crippen LogP contribution in [0.25, 0.3) is 16.9 Å². The molecule has 0 N–H and O–H groups in total. The van der Waals surface area contributed by atoms with Crippen LogP contribution in [0.4, 0.5) is 0 Å². The van der Waals surface area contributed by atoms with Gasteiger partial charge in [0.2, 0.25) is 6.41 Å². The Hall–Kier alpha value is -3.78. The molecule has 0 bridgehead atoms. The second kappa shape index (κ2) is 10.0. The predicted octanol–water partition coefficient (Wildman–Crippen LogP) is 4.62. The minimum Gasteiger partial charge on any atom is -0.326 e. The van der Waals surface area contributed by atoms with Crippen LogP contribution in [0.1, 0.15) is 45.1 Å². The SMILES string of the molecule is CCn1c(-c2ccc(-n3ccnc3)cc2)cnc1[C@H](Cc1ccncc1)N(C=O)OC(C)(C)C. The van der Waals surface area contributed by atoms with E-state index >= 15 is 0 Å². The van der Waals surface area contributed by atoms with Gasteiger partial charge in [0, 0.05) is 43.4 Å². The van der Waals surface area contributed by atoms with E-state index in [-0.39, 0.29) is 0 Å². The molecule has 0 saturated carbocycles. The Morgan fingerprint density at radius 1 is 1.06 bits per heavy atom. The highest BCUT2D eigenvalue weighted by atomic mass is 16.7. The minimum absolute atomic E-state index is 0.405. The van der Waals surface area contributed by atoms with Crippen LogP contribution in [-0.2, 0) is 22.6 Å². The molecular weight excluding hydrogens is 428 g/mol. The lowest BCUT2D eigenvalue weighted by molar-refractivity contribution is -0.234. The van der Waals surface area contributed by atoms with Crippen LogP contribution in [0.3, 0.4) is 0 Å². The molecule has 0 aliphatic heterocycles. The van der Waals surface area contributed by atoms with E-state index in [1.165, 1.54) is 5.06 Å². The molecule has 1 atom stereocenters. The van der Waals surface area contributed by atoms with Crippen LogP contribution in [0, 0.1) is 0 Å². The lowest BCUT2D eigenvalue weighted by Crippen LogP contribution is -2.38. The number of carbonyl (C=O) groups is 1. The van der Waals surface area contributed by atoms with Crippen LogP contribution < -0.4 is 0 Å². The third-order valence-corrected chi connectivity index (χ3v) is 5.44. The molecule has 0 aliphatic carbocycles. The zero-order chi connectivity index (χ0) is 24.1. The molecule has 3 heterocycles. The first-order chi connectivity index (χ1) is 16.4. The van der Waals surface area contributed by atoms with E-state index in [4.69, 9.17) is 9.82 Å². The largest absolute Gasteiger partial charge is 0.326 e. The molecule has 0 fully saturated rings. The molecule has 4 rings (SSSR count). The number of pyridine rings is 1. The highest BCUT2D eigenvalue weighted by Gasteiger charge is 2.30. The van der Waals surface area contributed by atoms with Crippen molar-refractivity contribution in [2.24, 2.45) is 0 Å². The Balaban J connectivity index is 1.72. The molecule has 8 nitrogen and oxygen atoms in total. The third kappa shape index (κ3) is 5.23. The monoisotopic (exact) mass is 458 g/mol. The second-order valence-corrected chi connectivity index (χ2v) is 9.01. The highest BCUT2D eigenvalue weighted by molar-refractivity contribution is 5.61. The molecule has 0 saturated heterocycles. The molecule has 0 radical (unpaired) electrons. The zero-order valence-electron chi connectivity index (χ0n) is 20.0. The number of nitrogens with zero attached hydrogens (tertiary/aromatic N) is 6. The lowest BCUT2D eigenvalue weighted by atomic mass is 10.1. The fraction of sp³-hybridized carbons (Fsp3) is 0.308. The highest BCUT2D eigenvalue weighted by Crippen LogP contribution is 2.30. The summed E-state index contributed by atoms with van der Waals surface area (Å²) in [5, 5.41) is 1.39. The maximum Gasteiger partial charge on any atom is 0.234 e. The lowest BCUT2D eigenvalue weighted by Gasteiger charge is -2.33. The minimum atomic E-state index is -0.535. The van der Waals surface area contributed by atoms with Crippen molar-refractivity contribution in [3.05, 3.63) is 85.1 Å². The van der Waals surface area contributed by atoms with Gasteiger partial charge in [0.25, 0.3) is 0 Å². The molecule has 3 aromatic heterocycles. The summed E-state index contributed by atoms with van der Waals surface area (Å²) < 4.78 is 4.10. The van der Waals surface area contributed by atoms with Gasteiger partial charge in [0.05, 0.1) is 23.8 Å². The van der Waals surface area contributed by atoms with E-state index in [1.54, 1.807) is 24.9 Å². The average Bonchev–Trinajstić information content (AvgIpc) is 3.51. The van der Waals surface area contributed by atoms with Crippen molar-refractivity contribution >= 4 is 6.41 Å². The Morgan fingerprint density at radius 3 is 2.38 bits per heavy atom. The first kappa shape index (κ1) is 23.4. The first-order valence-electron chi connectivity index (χ1n) is 11.4. The number of hydrogen-bond donors (Lipinski definition) is 0. The van der Waals surface area contributed by atoms with Crippen molar-refractivity contribution in [1.29, 1.82) is 0 Å². The van der Waals surface area contributed by atoms with Gasteiger partial charge in [-0.15, -0.1) is 0 Å². The molecule has 1 aromatic carbocycles. The van der Waals surface area contributed by atoms with E-state index < -0.39 is 11.6 Å². The summed E-state index contributed by atoms with van der Waals surface area (Å²) in [4.78, 5) is 31.2. The maximum absolute atomic E-state index is 12.2. The predicted molar refractivity (Wildman–Crippen MR) is 130 cm³/mol. The zero-order valence-corrected chi connectivity index (χ0v) is 20.0. The number of carbonyl (C=O) groups excluding carboxylic acids is 1. The maximum atomic E-state index is 12.2. The second-order valence-electron chi connectivity index (χ2n) is 9.01. The van der Waals surface area contributed by atoms with Crippen molar-refractivity contribution in [1.82, 2.24) is 29.1 Å². The fourth-order valence-electron chi connectivity index (χ4n) is 3.95. The summed E-state index contributed by atoms with van der Waals surface area (Å²) in [6.45, 7) is 8.54. The van der Waals surface area contributed by atoms with Gasteiger partial charge in [-0.25, -0.2) is 15.0 Å². The Morgan fingerprint density at radius 2 is 1.79 bits per heavy atom. The Labute approximate surface area is 199 Å². The molecule has 176 valence electrons. The van der Waals surface area contributed by atoms with Gasteiger partial charge in [-0.1, -0.05) is 12.1 Å². The molecule has 0 spiro atoms. The van der Waals surface area contributed by atoms with Crippen molar-refractivity contribution < 1.29 is 9.63 Å². The van der Waals surface area contributed by atoms with Gasteiger partial charge < -0.3 is 9.13 Å². The Bertz CT molecular complexity index is 1190. The van der Waals surface area contributed by atoms with Crippen molar-refractivity contribution in [2.45, 2.75) is 52.3 Å². The van der Waals surface area contributed by atoms with E-state index in [1.807, 2.05) is 49.9 Å². The van der Waals surface area contributed by atoms with Gasteiger partial charge in [-0.05, 0) is 63.1 Å². The number of aromatic nitrogens is 5. The van der Waals surface area contributed by atoms with Gasteiger partial charge in [0.15, 0.2) is 0 Å². The number of benzene rings is 1. The summed E-state index contributed by atoms with van der Waals surface area (Å²) in [6, 6.07) is 11.7. The van der Waals surface area contributed by atoms with Crippen LogP contribution in [0.5, 0.6) is 0 Å². The topological polar surface area (TPSA) is 78.1 Å². The van der Waals surface area contributed by atoms with Crippen LogP contribution in [0.15, 0.2) is 73.7 Å². The van der Waals surface area contributed by atoms with Gasteiger partial charge in [0.1, 0.15) is 11.9 Å². The molecular formula is C26H30N6O2. The van der Waals surface area contributed by atoms with Gasteiger partial charge >= 0.3 is 0 Å². The molecule has 8 heteroatoms. The van der Waals surface area contributed by atoms with Crippen LogP contribution in [-0.4, -0.2) is 41.2 Å². The van der Waals surface area contributed by atoms with Crippen molar-refractivity contribution in [3.8, 4) is 16.9 Å². The summed E-state index contributed by atoms with van der Waals surface area (Å²) >= 11 is 0. The summed E-state index contributed by atoms with van der Waals surface area (Å²) in [6.07, 6.45) is 12.1. The average molecular weight is 459 g/mol. The molecule has 34 heavy (non-hydrogen) atoms. The number of hydroxylamine groups is 2. The van der Waals surface area contributed by atoms with E-state index in [9.17, 15) is 4.79 Å². The smallest absolute Gasteiger partial charge is 0.234 e. The fourth-order valence-corrected chi connectivity index (χ4v) is 3.95. The molecule has 4 aromatic rings. The molecule has 0 unspecified atom stereocenters. The van der Waals surface area contributed by atoms with Crippen LogP contribution >= 0.6 is 0 Å². The van der Waals surface area contributed by atoms with E-state index in [2.05, 4.69) is 45.7 Å². The standard InChI is InChI=1S/C26H30N6O2/c1-5-31-24(21-6-8-22(9-7-21)30-15-14-28-18-30)17-29-25(31)23(16-20-10-12-27-13-11-20)32(19-33)34-26(2,3)4/h6-15,17-19,23H,5,16H2,1-4H3/t23-/m0/s1. The summed E-state index contributed by atoms with van der Waals surface area (Å²) in [5.41, 5.74) is 3.57. The number of hydrogen-bond acceptors (Lipinski definition) is 5. The first-order valence-corrected chi connectivity index (χ1v) is 11.4. The van der Waals surface area contributed by atoms with E-state index in [0.29, 0.717) is 13.0 Å². The quantitative estimate of drug-likeness (QED) is 0.270. The van der Waals surface area contributed by atoms with Crippen LogP contribution in [0.2, 0.25) is 0 Å². The van der Waals surface area contributed by atoms with Gasteiger partial charge in [-0.2, -0.15) is 0 Å². The number of rotatable bonds is 9. The van der Waals surface area contributed by atoms with Crippen molar-refractivity contribution in [3.63, 3.8) is 0 Å². The van der Waals surface area contributed by atoms with E-state index in [0.717, 1.165) is 34.7 Å². The third-order valence-electron chi connectivity index (χ3n) is 5.44.